The Bertz CT molecular complexity index is 766. The highest BCUT2D eigenvalue weighted by Crippen LogP contribution is 2.30. The Labute approximate surface area is 132 Å². The molecule has 0 bridgehead atoms. The number of benzene rings is 2. The Morgan fingerprint density at radius 3 is 2.29 bits per heavy atom. The van der Waals surface area contributed by atoms with Crippen LogP contribution in [0.3, 0.4) is 0 Å². The van der Waals surface area contributed by atoms with Crippen LogP contribution in [0.2, 0.25) is 10.6 Å². The lowest BCUT2D eigenvalue weighted by atomic mass is 10.1. The second-order valence-corrected chi connectivity index (χ2v) is 5.09. The summed E-state index contributed by atoms with van der Waals surface area (Å²) in [4.78, 5) is 14.1. The molecule has 0 unspecified atom stereocenters. The number of rotatable bonds is 3. The van der Waals surface area contributed by atoms with E-state index in [1.807, 2.05) is 36.1 Å². The van der Waals surface area contributed by atoms with Crippen molar-refractivity contribution in [3.05, 3.63) is 53.0 Å². The first-order valence-corrected chi connectivity index (χ1v) is 7.27. The van der Waals surface area contributed by atoms with Crippen LogP contribution in [0, 0.1) is 0 Å². The van der Waals surface area contributed by atoms with Crippen molar-refractivity contribution in [1.82, 2.24) is 15.0 Å². The third-order valence-corrected chi connectivity index (χ3v) is 3.52. The third kappa shape index (κ3) is 2.77. The van der Waals surface area contributed by atoms with Crippen molar-refractivity contribution in [2.24, 2.45) is 0 Å². The molecular weight excluding hydrogens is 307 g/mol. The molecule has 21 heavy (non-hydrogen) atoms. The van der Waals surface area contributed by atoms with Gasteiger partial charge in [-0.05, 0) is 41.6 Å². The van der Waals surface area contributed by atoms with Crippen LogP contribution in [0.15, 0.2) is 42.5 Å². The Kier molecular flexibility index (Phi) is 3.90. The fourth-order valence-corrected chi connectivity index (χ4v) is 2.65. The van der Waals surface area contributed by atoms with Crippen molar-refractivity contribution in [2.75, 3.05) is 11.4 Å². The number of hydrogen-bond acceptors (Lipinski definition) is 4. The molecule has 0 spiro atoms. The van der Waals surface area contributed by atoms with E-state index in [4.69, 9.17) is 23.2 Å². The van der Waals surface area contributed by atoms with Crippen LogP contribution in [0.4, 0.5) is 11.6 Å². The normalized spacial score (nSPS) is 10.8. The second-order valence-electron chi connectivity index (χ2n) is 4.42. The SMILES string of the molecule is CCN(c1nc(Cl)nc(Cl)n1)c1cccc2ccccc12. The molecule has 0 saturated carbocycles. The molecule has 4 nitrogen and oxygen atoms in total. The van der Waals surface area contributed by atoms with E-state index < -0.39 is 0 Å². The summed E-state index contributed by atoms with van der Waals surface area (Å²) in [6.45, 7) is 2.71. The van der Waals surface area contributed by atoms with E-state index in [2.05, 4.69) is 33.2 Å². The van der Waals surface area contributed by atoms with Crippen LogP contribution in [0.25, 0.3) is 10.8 Å². The minimum atomic E-state index is 0.0867. The largest absolute Gasteiger partial charge is 0.310 e. The van der Waals surface area contributed by atoms with Gasteiger partial charge in [0.05, 0.1) is 5.69 Å². The fraction of sp³-hybridized carbons (Fsp3) is 0.133. The number of nitrogens with zero attached hydrogens (tertiary/aromatic N) is 4. The lowest BCUT2D eigenvalue weighted by molar-refractivity contribution is 0.924. The number of fused-ring (bicyclic) bond motifs is 1. The van der Waals surface area contributed by atoms with Crippen molar-refractivity contribution in [2.45, 2.75) is 6.92 Å². The molecule has 0 N–H and O–H groups in total. The van der Waals surface area contributed by atoms with Gasteiger partial charge in [0.1, 0.15) is 0 Å². The summed E-state index contributed by atoms with van der Waals surface area (Å²) in [5.74, 6) is 0.443. The molecule has 3 rings (SSSR count). The predicted octanol–water partition coefficient (Wildman–Crippen LogP) is 4.49. The molecule has 106 valence electrons. The maximum Gasteiger partial charge on any atom is 0.235 e. The van der Waals surface area contributed by atoms with Gasteiger partial charge in [-0.3, -0.25) is 0 Å². The molecule has 0 aliphatic rings. The molecule has 0 aliphatic heterocycles. The highest BCUT2D eigenvalue weighted by Gasteiger charge is 2.15. The zero-order valence-electron chi connectivity index (χ0n) is 11.3. The maximum atomic E-state index is 5.88. The zero-order chi connectivity index (χ0) is 14.8. The van der Waals surface area contributed by atoms with Gasteiger partial charge in [-0.15, -0.1) is 0 Å². The monoisotopic (exact) mass is 318 g/mol. The van der Waals surface area contributed by atoms with E-state index in [0.717, 1.165) is 16.5 Å². The van der Waals surface area contributed by atoms with Gasteiger partial charge >= 0.3 is 0 Å². The van der Waals surface area contributed by atoms with Crippen molar-refractivity contribution in [3.63, 3.8) is 0 Å². The molecule has 0 fully saturated rings. The van der Waals surface area contributed by atoms with Crippen LogP contribution in [-0.2, 0) is 0 Å². The van der Waals surface area contributed by atoms with Crippen molar-refractivity contribution >= 4 is 45.6 Å². The van der Waals surface area contributed by atoms with Crippen LogP contribution in [-0.4, -0.2) is 21.5 Å². The Morgan fingerprint density at radius 2 is 1.57 bits per heavy atom. The summed E-state index contributed by atoms with van der Waals surface area (Å²) in [7, 11) is 0. The van der Waals surface area contributed by atoms with Crippen LogP contribution in [0.5, 0.6) is 0 Å². The second kappa shape index (κ2) is 5.84. The van der Waals surface area contributed by atoms with Crippen molar-refractivity contribution in [3.8, 4) is 0 Å². The van der Waals surface area contributed by atoms with Gasteiger partial charge in [0.25, 0.3) is 0 Å². The van der Waals surface area contributed by atoms with E-state index in [0.29, 0.717) is 12.5 Å². The smallest absolute Gasteiger partial charge is 0.235 e. The first-order valence-electron chi connectivity index (χ1n) is 6.51. The summed E-state index contributed by atoms with van der Waals surface area (Å²) in [5, 5.41) is 2.45. The van der Waals surface area contributed by atoms with Crippen molar-refractivity contribution < 1.29 is 0 Å². The first-order chi connectivity index (χ1) is 10.2. The lowest BCUT2D eigenvalue weighted by Crippen LogP contribution is -2.19. The zero-order valence-corrected chi connectivity index (χ0v) is 12.8. The van der Waals surface area contributed by atoms with Gasteiger partial charge in [0.2, 0.25) is 16.5 Å². The molecule has 1 heterocycles. The number of halogens is 2. The standard InChI is InChI=1S/C15H12Cl2N4/c1-2-21(15-19-13(16)18-14(17)20-15)12-9-5-7-10-6-3-4-8-11(10)12/h3-9H,2H2,1H3. The molecule has 0 radical (unpaired) electrons. The number of hydrogen-bond donors (Lipinski definition) is 0. The molecule has 0 saturated heterocycles. The highest BCUT2D eigenvalue weighted by molar-refractivity contribution is 6.31. The Morgan fingerprint density at radius 1 is 0.905 bits per heavy atom. The minimum absolute atomic E-state index is 0.0867. The molecule has 2 aromatic carbocycles. The Balaban J connectivity index is 2.18. The molecule has 0 aliphatic carbocycles. The first kappa shape index (κ1) is 14.0. The van der Waals surface area contributed by atoms with Crippen LogP contribution < -0.4 is 4.90 Å². The van der Waals surface area contributed by atoms with Crippen LogP contribution >= 0.6 is 23.2 Å². The van der Waals surface area contributed by atoms with E-state index in [9.17, 15) is 0 Å². The quantitative estimate of drug-likeness (QED) is 0.713. The molecule has 6 heteroatoms. The molecule has 0 amide bonds. The topological polar surface area (TPSA) is 41.9 Å². The summed E-state index contributed by atoms with van der Waals surface area (Å²) in [6, 6.07) is 14.3. The van der Waals surface area contributed by atoms with E-state index in [1.165, 1.54) is 0 Å². The van der Waals surface area contributed by atoms with E-state index >= 15 is 0 Å². The van der Waals surface area contributed by atoms with Gasteiger partial charge < -0.3 is 4.90 Å². The van der Waals surface area contributed by atoms with Gasteiger partial charge in [0, 0.05) is 11.9 Å². The molecule has 3 aromatic rings. The van der Waals surface area contributed by atoms with E-state index in [-0.39, 0.29) is 10.6 Å². The summed E-state index contributed by atoms with van der Waals surface area (Å²) in [5.41, 5.74) is 1.01. The molecule has 1 aromatic heterocycles. The maximum absolute atomic E-state index is 5.88. The molecular formula is C15H12Cl2N4. The summed E-state index contributed by atoms with van der Waals surface area (Å²) < 4.78 is 0. The number of anilines is 2. The van der Waals surface area contributed by atoms with Crippen molar-refractivity contribution in [1.29, 1.82) is 0 Å². The van der Waals surface area contributed by atoms with Gasteiger partial charge in [0.15, 0.2) is 0 Å². The average Bonchev–Trinajstić information content (AvgIpc) is 2.47. The fourth-order valence-electron chi connectivity index (χ4n) is 2.30. The average molecular weight is 319 g/mol. The van der Waals surface area contributed by atoms with Gasteiger partial charge in [-0.2, -0.15) is 15.0 Å². The van der Waals surface area contributed by atoms with Gasteiger partial charge in [-0.1, -0.05) is 36.4 Å². The minimum Gasteiger partial charge on any atom is -0.310 e. The van der Waals surface area contributed by atoms with Gasteiger partial charge in [-0.25, -0.2) is 0 Å². The third-order valence-electron chi connectivity index (χ3n) is 3.18. The van der Waals surface area contributed by atoms with Crippen LogP contribution in [0.1, 0.15) is 6.92 Å². The Hall–Kier alpha value is -1.91. The highest BCUT2D eigenvalue weighted by atomic mass is 35.5. The predicted molar refractivity (Wildman–Crippen MR) is 86.5 cm³/mol. The summed E-state index contributed by atoms with van der Waals surface area (Å²) in [6.07, 6.45) is 0. The molecule has 0 atom stereocenters. The summed E-state index contributed by atoms with van der Waals surface area (Å²) >= 11 is 11.8. The van der Waals surface area contributed by atoms with E-state index in [1.54, 1.807) is 0 Å². The number of aromatic nitrogens is 3. The lowest BCUT2D eigenvalue weighted by Gasteiger charge is -2.22.